The monoisotopic (exact) mass is 326 g/mol. The zero-order valence-electron chi connectivity index (χ0n) is 12.8. The lowest BCUT2D eigenvalue weighted by atomic mass is 10.2. The van der Waals surface area contributed by atoms with Gasteiger partial charge in [0, 0.05) is 32.2 Å². The third-order valence-corrected chi connectivity index (χ3v) is 3.30. The summed E-state index contributed by atoms with van der Waals surface area (Å²) in [7, 11) is 1.18. The number of halogens is 1. The van der Waals surface area contributed by atoms with E-state index in [0.717, 1.165) is 19.2 Å². The van der Waals surface area contributed by atoms with Crippen molar-refractivity contribution in [2.24, 2.45) is 0 Å². The number of piperazine rings is 1. The van der Waals surface area contributed by atoms with Crippen LogP contribution in [-0.2, 0) is 9.47 Å². The fraction of sp³-hybridized carbons (Fsp3) is 0.467. The van der Waals surface area contributed by atoms with Gasteiger partial charge in [-0.05, 0) is 12.1 Å². The summed E-state index contributed by atoms with van der Waals surface area (Å²) in [5.74, 6) is -1.24. The number of esters is 1. The molecule has 0 atom stereocenters. The quantitative estimate of drug-likeness (QED) is 0.643. The Morgan fingerprint density at radius 1 is 1.26 bits per heavy atom. The number of nitrogens with zero attached hydrogens (tertiary/aromatic N) is 1. The van der Waals surface area contributed by atoms with Gasteiger partial charge in [-0.15, -0.1) is 0 Å². The molecule has 2 rings (SSSR count). The van der Waals surface area contributed by atoms with Crippen molar-refractivity contribution in [3.63, 3.8) is 0 Å². The summed E-state index contributed by atoms with van der Waals surface area (Å²) < 4.78 is 28.5. The molecule has 0 spiro atoms. The first-order chi connectivity index (χ1) is 11.1. The summed E-state index contributed by atoms with van der Waals surface area (Å²) in [6.07, 6.45) is -0.387. The second kappa shape index (κ2) is 8.33. The Kier molecular flexibility index (Phi) is 6.16. The van der Waals surface area contributed by atoms with Crippen molar-refractivity contribution in [3.8, 4) is 5.75 Å². The summed E-state index contributed by atoms with van der Waals surface area (Å²) >= 11 is 0. The maximum atomic E-state index is 13.7. The molecule has 1 N–H and O–H groups in total. The van der Waals surface area contributed by atoms with Gasteiger partial charge >= 0.3 is 12.1 Å². The van der Waals surface area contributed by atoms with E-state index in [0.29, 0.717) is 13.1 Å². The van der Waals surface area contributed by atoms with Crippen LogP contribution in [0.25, 0.3) is 0 Å². The Labute approximate surface area is 133 Å². The zero-order chi connectivity index (χ0) is 16.7. The summed E-state index contributed by atoms with van der Waals surface area (Å²) in [6, 6.07) is 3.82. The number of ether oxygens (including phenoxy) is 3. The van der Waals surface area contributed by atoms with Crippen molar-refractivity contribution in [1.29, 1.82) is 0 Å². The van der Waals surface area contributed by atoms with E-state index in [2.05, 4.69) is 10.1 Å². The van der Waals surface area contributed by atoms with Crippen molar-refractivity contribution in [2.75, 3.05) is 46.5 Å². The topological polar surface area (TPSA) is 77.1 Å². The molecule has 1 aliphatic rings. The molecule has 1 saturated heterocycles. The van der Waals surface area contributed by atoms with Crippen molar-refractivity contribution >= 4 is 12.1 Å². The molecular formula is C15H19FN2O5. The van der Waals surface area contributed by atoms with Gasteiger partial charge < -0.3 is 24.4 Å². The molecule has 1 amide bonds. The standard InChI is InChI=1S/C15H19FN2O5/c1-21-14(19)12-3-2-11(10-13(12)16)22-8-9-23-15(20)18-6-4-17-5-7-18/h2-3,10,17H,4-9H2,1H3. The number of hydrogen-bond donors (Lipinski definition) is 1. The van der Waals surface area contributed by atoms with E-state index in [-0.39, 0.29) is 30.6 Å². The van der Waals surface area contributed by atoms with Gasteiger partial charge in [-0.3, -0.25) is 0 Å². The number of amides is 1. The molecule has 1 heterocycles. The number of rotatable bonds is 5. The van der Waals surface area contributed by atoms with E-state index < -0.39 is 11.8 Å². The number of benzene rings is 1. The minimum atomic E-state index is -0.751. The molecule has 0 bridgehead atoms. The van der Waals surface area contributed by atoms with Gasteiger partial charge in [0.05, 0.1) is 12.7 Å². The van der Waals surface area contributed by atoms with Crippen molar-refractivity contribution in [1.82, 2.24) is 10.2 Å². The Bertz CT molecular complexity index is 561. The van der Waals surface area contributed by atoms with Gasteiger partial charge in [-0.1, -0.05) is 0 Å². The molecule has 1 aromatic carbocycles. The van der Waals surface area contributed by atoms with Crippen LogP contribution in [0.2, 0.25) is 0 Å². The Morgan fingerprint density at radius 3 is 2.65 bits per heavy atom. The van der Waals surface area contributed by atoms with Crippen LogP contribution in [-0.4, -0.2) is 63.5 Å². The molecule has 0 radical (unpaired) electrons. The Balaban J connectivity index is 1.74. The molecule has 8 heteroatoms. The number of carbonyl (C=O) groups excluding carboxylic acids is 2. The minimum Gasteiger partial charge on any atom is -0.490 e. The number of nitrogens with one attached hydrogen (secondary N) is 1. The average Bonchev–Trinajstić information content (AvgIpc) is 2.58. The van der Waals surface area contributed by atoms with Crippen LogP contribution in [0.4, 0.5) is 9.18 Å². The normalized spacial score (nSPS) is 14.3. The van der Waals surface area contributed by atoms with Gasteiger partial charge in [0.25, 0.3) is 0 Å². The molecule has 1 aromatic rings. The summed E-state index contributed by atoms with van der Waals surface area (Å²) in [5.41, 5.74) is -0.162. The fourth-order valence-electron chi connectivity index (χ4n) is 2.09. The van der Waals surface area contributed by atoms with Gasteiger partial charge in [0.1, 0.15) is 24.8 Å². The Morgan fingerprint density at radius 2 is 2.00 bits per heavy atom. The summed E-state index contributed by atoms with van der Waals surface area (Å²) in [6.45, 7) is 2.87. The molecule has 126 valence electrons. The van der Waals surface area contributed by atoms with Crippen LogP contribution in [0.1, 0.15) is 10.4 Å². The number of hydrogen-bond acceptors (Lipinski definition) is 6. The van der Waals surface area contributed by atoms with Crippen LogP contribution in [0.3, 0.4) is 0 Å². The van der Waals surface area contributed by atoms with Crippen molar-refractivity contribution in [3.05, 3.63) is 29.6 Å². The second-order valence-corrected chi connectivity index (χ2v) is 4.83. The summed E-state index contributed by atoms with van der Waals surface area (Å²) in [5, 5.41) is 3.14. The molecule has 1 aliphatic heterocycles. The SMILES string of the molecule is COC(=O)c1ccc(OCCOC(=O)N2CCNCC2)cc1F. The largest absolute Gasteiger partial charge is 0.490 e. The van der Waals surface area contributed by atoms with Crippen molar-refractivity contribution in [2.45, 2.75) is 0 Å². The van der Waals surface area contributed by atoms with Crippen LogP contribution in [0.15, 0.2) is 18.2 Å². The fourth-order valence-corrected chi connectivity index (χ4v) is 2.09. The molecule has 7 nitrogen and oxygen atoms in total. The van der Waals surface area contributed by atoms with E-state index in [1.807, 2.05) is 0 Å². The van der Waals surface area contributed by atoms with Gasteiger partial charge in [-0.25, -0.2) is 14.0 Å². The molecule has 1 fully saturated rings. The summed E-state index contributed by atoms with van der Waals surface area (Å²) in [4.78, 5) is 24.6. The maximum absolute atomic E-state index is 13.7. The maximum Gasteiger partial charge on any atom is 0.409 e. The second-order valence-electron chi connectivity index (χ2n) is 4.83. The van der Waals surface area contributed by atoms with Crippen LogP contribution in [0, 0.1) is 5.82 Å². The highest BCUT2D eigenvalue weighted by Gasteiger charge is 2.17. The van der Waals surface area contributed by atoms with Gasteiger partial charge in [-0.2, -0.15) is 0 Å². The van der Waals surface area contributed by atoms with E-state index in [4.69, 9.17) is 9.47 Å². The molecule has 23 heavy (non-hydrogen) atoms. The zero-order valence-corrected chi connectivity index (χ0v) is 12.8. The highest BCUT2D eigenvalue weighted by Crippen LogP contribution is 2.17. The first-order valence-corrected chi connectivity index (χ1v) is 7.25. The number of methoxy groups -OCH3 is 1. The third kappa shape index (κ3) is 4.82. The van der Waals surface area contributed by atoms with E-state index in [9.17, 15) is 14.0 Å². The molecular weight excluding hydrogens is 307 g/mol. The van der Waals surface area contributed by atoms with Gasteiger partial charge in [0.2, 0.25) is 0 Å². The smallest absolute Gasteiger partial charge is 0.409 e. The third-order valence-electron chi connectivity index (χ3n) is 3.30. The predicted octanol–water partition coefficient (Wildman–Crippen LogP) is 1.03. The van der Waals surface area contributed by atoms with Crippen LogP contribution < -0.4 is 10.1 Å². The average molecular weight is 326 g/mol. The van der Waals surface area contributed by atoms with Gasteiger partial charge in [0.15, 0.2) is 0 Å². The molecule has 0 unspecified atom stereocenters. The lowest BCUT2D eigenvalue weighted by molar-refractivity contribution is 0.0595. The van der Waals surface area contributed by atoms with E-state index in [1.165, 1.54) is 19.2 Å². The lowest BCUT2D eigenvalue weighted by Gasteiger charge is -2.26. The highest BCUT2D eigenvalue weighted by atomic mass is 19.1. The number of carbonyl (C=O) groups is 2. The van der Waals surface area contributed by atoms with E-state index >= 15 is 0 Å². The highest BCUT2D eigenvalue weighted by molar-refractivity contribution is 5.89. The lowest BCUT2D eigenvalue weighted by Crippen LogP contribution is -2.46. The molecule has 0 aliphatic carbocycles. The van der Waals surface area contributed by atoms with E-state index in [1.54, 1.807) is 4.90 Å². The first-order valence-electron chi connectivity index (χ1n) is 7.25. The minimum absolute atomic E-state index is 0.0587. The first kappa shape index (κ1) is 17.0. The van der Waals surface area contributed by atoms with Crippen LogP contribution >= 0.6 is 0 Å². The molecule has 0 aromatic heterocycles. The molecule has 0 saturated carbocycles. The van der Waals surface area contributed by atoms with Crippen molar-refractivity contribution < 1.29 is 28.2 Å². The predicted molar refractivity (Wildman–Crippen MR) is 79.0 cm³/mol. The Hall–Kier alpha value is -2.35. The van der Waals surface area contributed by atoms with Crippen LogP contribution in [0.5, 0.6) is 5.75 Å².